The number of likely N-dealkylation sites (tertiary alicyclic amines) is 1. The third kappa shape index (κ3) is 14.3. The molecule has 0 radical (unpaired) electrons. The molecule has 4 aromatic rings. The highest BCUT2D eigenvalue weighted by atomic mass is 16.5. The first-order chi connectivity index (χ1) is 42.5. The van der Waals surface area contributed by atoms with Crippen molar-refractivity contribution in [3.63, 3.8) is 0 Å². The number of ketones is 1. The van der Waals surface area contributed by atoms with E-state index >= 15 is 0 Å². The molecule has 4 aromatic carbocycles. The van der Waals surface area contributed by atoms with Crippen molar-refractivity contribution in [1.82, 2.24) is 24.9 Å². The van der Waals surface area contributed by atoms with Gasteiger partial charge in [-0.2, -0.15) is 0 Å². The number of rotatable bonds is 26. The van der Waals surface area contributed by atoms with Crippen LogP contribution in [0, 0.1) is 17.8 Å². The Morgan fingerprint density at radius 2 is 1.18 bits per heavy atom. The van der Waals surface area contributed by atoms with Gasteiger partial charge in [0.15, 0.2) is 28.8 Å². The standard InChI is InChI=1S/C68H81N9O11/c1-42(2)64(72-62(79)14-10-8-11-23-75-63(80)31-44(4)66(75)82)57(78)30-43(3)65(81)71-49-19-15-45(16-20-49)47-32-51-38-69-55-36-60(58(85-6)34-53(55)67(83)76(51)40-47)87-28-12-9-13-29-88-61-37-56-54(35-59(61)86-7)68(84)77-41-48(33-52(77)39-70-56)46-17-21-50(22-18-46)74-26-24-73(5)25-27-74/h15-22,34-44,51-52,64H,8-14,23-33H2,1-7H3,(H,71,81)(H,72,79)/t43-,44?,51+,52+,64?/m1/s1. The Balaban J connectivity index is 0.655. The molecule has 10 rings (SSSR count). The average Bonchev–Trinajstić information content (AvgIpc) is 2.13. The van der Waals surface area contributed by atoms with Crippen LogP contribution in [-0.4, -0.2) is 159 Å². The van der Waals surface area contributed by atoms with Crippen LogP contribution in [-0.2, 0) is 24.0 Å². The summed E-state index contributed by atoms with van der Waals surface area (Å²) < 4.78 is 23.9. The Hall–Kier alpha value is -8.65. The van der Waals surface area contributed by atoms with E-state index in [-0.39, 0.29) is 84.4 Å². The molecule has 0 aliphatic carbocycles. The SMILES string of the molecule is COc1cc2c(cc1OCCCCCOc1cc3c(cc1OC)C(=O)N1C=C(c4ccc(N5CCN(C)CC5)cc4)C[C@H]1C=N3)N=C[C@@H]1CC(c3ccc(NC(=O)[C@H](C)CC(=O)C(NC(=O)CCCCCN4C(=O)CC(C)C4=O)C(C)C)cc3)=CN1C2=O. The highest BCUT2D eigenvalue weighted by Crippen LogP contribution is 2.42. The number of anilines is 2. The van der Waals surface area contributed by atoms with E-state index in [1.165, 1.54) is 17.7 Å². The molecule has 6 heterocycles. The summed E-state index contributed by atoms with van der Waals surface area (Å²) in [5.74, 6) is -0.746. The molecule has 0 aromatic heterocycles. The van der Waals surface area contributed by atoms with Gasteiger partial charge >= 0.3 is 0 Å². The van der Waals surface area contributed by atoms with Gasteiger partial charge in [0.1, 0.15) is 0 Å². The molecular formula is C68H81N9O11. The Morgan fingerprint density at radius 3 is 1.69 bits per heavy atom. The quantitative estimate of drug-likeness (QED) is 0.0442. The van der Waals surface area contributed by atoms with Gasteiger partial charge in [0.2, 0.25) is 23.6 Å². The zero-order valence-electron chi connectivity index (χ0n) is 51.6. The van der Waals surface area contributed by atoms with Crippen LogP contribution in [0.15, 0.2) is 95.2 Å². The molecule has 2 unspecified atom stereocenters. The molecule has 0 saturated carbocycles. The molecule has 6 amide bonds. The lowest BCUT2D eigenvalue weighted by Crippen LogP contribution is -2.45. The van der Waals surface area contributed by atoms with Gasteiger partial charge in [-0.1, -0.05) is 58.4 Å². The van der Waals surface area contributed by atoms with Crippen LogP contribution in [0.1, 0.15) is 130 Å². The number of aliphatic imine (C=N–C) groups is 2. The topological polar surface area (TPSA) is 221 Å². The minimum Gasteiger partial charge on any atom is -0.493 e. The second-order valence-corrected chi connectivity index (χ2v) is 24.2. The molecule has 0 bridgehead atoms. The first-order valence-corrected chi connectivity index (χ1v) is 30.9. The number of hydrogen-bond acceptors (Lipinski definition) is 15. The summed E-state index contributed by atoms with van der Waals surface area (Å²) in [6.45, 7) is 12.4. The summed E-state index contributed by atoms with van der Waals surface area (Å²) in [4.78, 5) is 111. The summed E-state index contributed by atoms with van der Waals surface area (Å²) in [5.41, 5.74) is 7.61. The normalized spacial score (nSPS) is 19.5. The van der Waals surface area contributed by atoms with Crippen molar-refractivity contribution >= 4 is 87.6 Å². The van der Waals surface area contributed by atoms with E-state index in [9.17, 15) is 33.6 Å². The molecule has 6 aliphatic rings. The van der Waals surface area contributed by atoms with Gasteiger partial charge in [-0.3, -0.25) is 48.4 Å². The van der Waals surface area contributed by atoms with Crippen LogP contribution in [0.2, 0.25) is 0 Å². The molecule has 0 spiro atoms. The van der Waals surface area contributed by atoms with Crippen LogP contribution in [0.5, 0.6) is 23.0 Å². The van der Waals surface area contributed by atoms with E-state index in [1.807, 2.05) is 44.6 Å². The summed E-state index contributed by atoms with van der Waals surface area (Å²) >= 11 is 0. The van der Waals surface area contributed by atoms with Crippen LogP contribution in [0.4, 0.5) is 22.7 Å². The second kappa shape index (κ2) is 28.0. The van der Waals surface area contributed by atoms with Crippen LogP contribution >= 0.6 is 0 Å². The summed E-state index contributed by atoms with van der Waals surface area (Å²) in [6.07, 6.45) is 13.1. The second-order valence-electron chi connectivity index (χ2n) is 24.2. The number of hydrogen-bond donors (Lipinski definition) is 2. The van der Waals surface area contributed by atoms with Gasteiger partial charge < -0.3 is 49.2 Å². The summed E-state index contributed by atoms with van der Waals surface area (Å²) in [6, 6.07) is 21.6. The predicted octanol–water partition coefficient (Wildman–Crippen LogP) is 9.66. The molecule has 88 heavy (non-hydrogen) atoms. The lowest BCUT2D eigenvalue weighted by molar-refractivity contribution is -0.139. The lowest BCUT2D eigenvalue weighted by Gasteiger charge is -2.34. The van der Waals surface area contributed by atoms with E-state index in [0.29, 0.717) is 103 Å². The minimum atomic E-state index is -0.751. The maximum atomic E-state index is 14.1. The number of ether oxygens (including phenoxy) is 4. The van der Waals surface area contributed by atoms with Crippen molar-refractivity contribution in [3.05, 3.63) is 107 Å². The highest BCUT2D eigenvalue weighted by Gasteiger charge is 2.37. The van der Waals surface area contributed by atoms with E-state index < -0.39 is 12.0 Å². The van der Waals surface area contributed by atoms with Crippen molar-refractivity contribution in [2.75, 3.05) is 77.4 Å². The number of nitrogens with one attached hydrogen (secondary N) is 2. The van der Waals surface area contributed by atoms with Crippen molar-refractivity contribution in [2.24, 2.45) is 27.7 Å². The van der Waals surface area contributed by atoms with Gasteiger partial charge in [0, 0.05) is 125 Å². The Kier molecular flexibility index (Phi) is 19.9. The number of imide groups is 1. The highest BCUT2D eigenvalue weighted by molar-refractivity contribution is 6.07. The molecule has 20 nitrogen and oxygen atoms in total. The van der Waals surface area contributed by atoms with Crippen molar-refractivity contribution < 1.29 is 52.5 Å². The third-order valence-electron chi connectivity index (χ3n) is 17.4. The fourth-order valence-corrected chi connectivity index (χ4v) is 12.1. The average molecular weight is 1200 g/mol. The number of benzene rings is 4. The Bertz CT molecular complexity index is 3420. The number of piperazine rings is 1. The van der Waals surface area contributed by atoms with Gasteiger partial charge in [0.05, 0.1) is 68.1 Å². The zero-order valence-corrected chi connectivity index (χ0v) is 51.6. The Labute approximate surface area is 515 Å². The molecule has 2 N–H and O–H groups in total. The fraction of sp³-hybridized carbons (Fsp3) is 0.456. The number of amides is 6. The van der Waals surface area contributed by atoms with Crippen LogP contribution < -0.4 is 34.5 Å². The number of likely N-dealkylation sites (N-methyl/N-ethyl adjacent to an activating group) is 1. The van der Waals surface area contributed by atoms with E-state index in [4.69, 9.17) is 28.9 Å². The number of fused-ring (bicyclic) bond motifs is 4. The van der Waals surface area contributed by atoms with Crippen LogP contribution in [0.3, 0.4) is 0 Å². The van der Waals surface area contributed by atoms with Gasteiger partial charge in [-0.05, 0) is 104 Å². The van der Waals surface area contributed by atoms with Gasteiger partial charge in [-0.15, -0.1) is 0 Å². The van der Waals surface area contributed by atoms with Crippen molar-refractivity contribution in [3.8, 4) is 23.0 Å². The van der Waals surface area contributed by atoms with E-state index in [0.717, 1.165) is 67.7 Å². The van der Waals surface area contributed by atoms with Crippen LogP contribution in [0.25, 0.3) is 11.1 Å². The summed E-state index contributed by atoms with van der Waals surface area (Å²) in [7, 11) is 5.26. The Morgan fingerprint density at radius 1 is 0.648 bits per heavy atom. The lowest BCUT2D eigenvalue weighted by atomic mass is 9.92. The first-order valence-electron chi connectivity index (χ1n) is 30.9. The molecule has 20 heteroatoms. The molecule has 464 valence electrons. The van der Waals surface area contributed by atoms with Gasteiger partial charge in [-0.25, -0.2) is 0 Å². The molecular weight excluding hydrogens is 1120 g/mol. The third-order valence-corrected chi connectivity index (χ3v) is 17.4. The molecule has 2 saturated heterocycles. The number of nitrogens with zero attached hydrogens (tertiary/aromatic N) is 7. The van der Waals surface area contributed by atoms with Crippen molar-refractivity contribution in [2.45, 2.75) is 116 Å². The number of carbonyl (C=O) groups excluding carboxylic acids is 7. The monoisotopic (exact) mass is 1200 g/mol. The van der Waals surface area contributed by atoms with Crippen molar-refractivity contribution in [1.29, 1.82) is 0 Å². The molecule has 5 atom stereocenters. The fourth-order valence-electron chi connectivity index (χ4n) is 12.1. The molecule has 2 fully saturated rings. The number of Topliss-reactive ketones (excluding diaryl/α,β-unsaturated/α-hetero) is 1. The summed E-state index contributed by atoms with van der Waals surface area (Å²) in [5, 5.41) is 5.78. The smallest absolute Gasteiger partial charge is 0.260 e. The first kappa shape index (κ1) is 62.4. The maximum absolute atomic E-state index is 14.1. The number of unbranched alkanes of at least 4 members (excludes halogenated alkanes) is 4. The number of methoxy groups -OCH3 is 2. The number of carbonyl (C=O) groups is 7. The van der Waals surface area contributed by atoms with Gasteiger partial charge in [0.25, 0.3) is 11.8 Å². The minimum absolute atomic E-state index is 0.0590. The largest absolute Gasteiger partial charge is 0.493 e. The van der Waals surface area contributed by atoms with E-state index in [2.05, 4.69) is 51.7 Å². The maximum Gasteiger partial charge on any atom is 0.260 e. The van der Waals surface area contributed by atoms with E-state index in [1.54, 1.807) is 73.4 Å². The predicted molar refractivity (Wildman–Crippen MR) is 338 cm³/mol. The molecule has 6 aliphatic heterocycles. The zero-order chi connectivity index (χ0) is 62.2.